The van der Waals surface area contributed by atoms with Crippen molar-refractivity contribution in [2.24, 2.45) is 7.05 Å². The summed E-state index contributed by atoms with van der Waals surface area (Å²) in [6.07, 6.45) is 0.339. The smallest absolute Gasteiger partial charge is 0.310 e. The van der Waals surface area contributed by atoms with Gasteiger partial charge in [-0.1, -0.05) is 0 Å². The summed E-state index contributed by atoms with van der Waals surface area (Å²) in [5.74, 6) is -0.186. The number of rotatable bonds is 2. The van der Waals surface area contributed by atoms with Gasteiger partial charge < -0.3 is 14.6 Å². The zero-order chi connectivity index (χ0) is 13.6. The molecule has 1 N–H and O–H groups in total. The van der Waals surface area contributed by atoms with Crippen LogP contribution in [0, 0.1) is 6.92 Å². The number of nitrogens with zero attached hydrogens (tertiary/aromatic N) is 1. The van der Waals surface area contributed by atoms with E-state index in [1.165, 1.54) is 29.1 Å². The third-order valence-electron chi connectivity index (χ3n) is 4.12. The Bertz CT molecular complexity index is 671. The van der Waals surface area contributed by atoms with E-state index in [0.29, 0.717) is 6.42 Å². The van der Waals surface area contributed by atoms with Crippen LogP contribution in [0.25, 0.3) is 10.9 Å². The van der Waals surface area contributed by atoms with Gasteiger partial charge in [0.15, 0.2) is 0 Å². The highest BCUT2D eigenvalue weighted by molar-refractivity contribution is 5.90. The van der Waals surface area contributed by atoms with Crippen molar-refractivity contribution in [3.05, 3.63) is 34.5 Å². The summed E-state index contributed by atoms with van der Waals surface area (Å²) in [5, 5.41) is 4.53. The van der Waals surface area contributed by atoms with Crippen molar-refractivity contribution in [3.8, 4) is 0 Å². The highest BCUT2D eigenvalue weighted by Crippen LogP contribution is 2.30. The lowest BCUT2D eigenvalue weighted by Gasteiger charge is -2.02. The molecule has 0 radical (unpaired) electrons. The van der Waals surface area contributed by atoms with Gasteiger partial charge in [0.1, 0.15) is 0 Å². The first-order valence-electron chi connectivity index (χ1n) is 6.49. The minimum absolute atomic E-state index is 0.186. The molecule has 100 valence electrons. The minimum Gasteiger partial charge on any atom is -0.469 e. The molecule has 0 saturated heterocycles. The molecule has 1 aromatic heterocycles. The van der Waals surface area contributed by atoms with Crippen LogP contribution < -0.4 is 5.32 Å². The van der Waals surface area contributed by atoms with Crippen LogP contribution >= 0.6 is 0 Å². The molecule has 4 nitrogen and oxygen atoms in total. The van der Waals surface area contributed by atoms with Gasteiger partial charge in [-0.25, -0.2) is 0 Å². The Morgan fingerprint density at radius 3 is 2.74 bits per heavy atom. The summed E-state index contributed by atoms with van der Waals surface area (Å²) in [5.41, 5.74) is 6.11. The summed E-state index contributed by atoms with van der Waals surface area (Å²) < 4.78 is 6.96. The number of methoxy groups -OCH3 is 1. The van der Waals surface area contributed by atoms with Gasteiger partial charge in [0, 0.05) is 36.7 Å². The number of esters is 1. The fraction of sp³-hybridized carbons (Fsp3) is 0.400. The van der Waals surface area contributed by atoms with Crippen LogP contribution in [-0.4, -0.2) is 17.6 Å². The third-order valence-corrected chi connectivity index (χ3v) is 4.12. The molecule has 19 heavy (non-hydrogen) atoms. The second kappa shape index (κ2) is 4.38. The Balaban J connectivity index is 2.21. The molecule has 0 bridgehead atoms. The number of aryl methyl sites for hydroxylation is 1. The van der Waals surface area contributed by atoms with Gasteiger partial charge in [-0.05, 0) is 35.7 Å². The highest BCUT2D eigenvalue weighted by Gasteiger charge is 2.19. The molecule has 1 aliphatic heterocycles. The number of hydrogen-bond acceptors (Lipinski definition) is 3. The van der Waals surface area contributed by atoms with Crippen molar-refractivity contribution in [1.82, 2.24) is 9.88 Å². The molecule has 4 heteroatoms. The fourth-order valence-corrected chi connectivity index (χ4v) is 2.87. The number of carbonyl (C=O) groups is 1. The second-order valence-electron chi connectivity index (χ2n) is 5.12. The average Bonchev–Trinajstić information content (AvgIpc) is 2.95. The van der Waals surface area contributed by atoms with Gasteiger partial charge in [0.25, 0.3) is 0 Å². The molecule has 0 atom stereocenters. The van der Waals surface area contributed by atoms with E-state index in [9.17, 15) is 4.79 Å². The van der Waals surface area contributed by atoms with Crippen molar-refractivity contribution < 1.29 is 9.53 Å². The third kappa shape index (κ3) is 1.83. The number of carbonyl (C=O) groups excluding carboxylic acids is 1. The number of benzene rings is 1. The van der Waals surface area contributed by atoms with Gasteiger partial charge in [0.05, 0.1) is 13.5 Å². The van der Waals surface area contributed by atoms with E-state index in [2.05, 4.69) is 28.9 Å². The van der Waals surface area contributed by atoms with Crippen LogP contribution in [0.3, 0.4) is 0 Å². The molecule has 0 amide bonds. The van der Waals surface area contributed by atoms with E-state index >= 15 is 0 Å². The van der Waals surface area contributed by atoms with Gasteiger partial charge in [-0.15, -0.1) is 0 Å². The number of ether oxygens (including phenoxy) is 1. The van der Waals surface area contributed by atoms with E-state index in [1.807, 2.05) is 7.05 Å². The molecule has 0 unspecified atom stereocenters. The molecule has 2 heterocycles. The maximum Gasteiger partial charge on any atom is 0.310 e. The van der Waals surface area contributed by atoms with E-state index < -0.39 is 0 Å². The summed E-state index contributed by atoms with van der Waals surface area (Å²) in [6.45, 7) is 3.90. The van der Waals surface area contributed by atoms with Crippen molar-refractivity contribution in [1.29, 1.82) is 0 Å². The summed E-state index contributed by atoms with van der Waals surface area (Å²) in [6, 6.07) is 4.45. The van der Waals surface area contributed by atoms with Crippen LogP contribution in [0.15, 0.2) is 12.1 Å². The average molecular weight is 258 g/mol. The summed E-state index contributed by atoms with van der Waals surface area (Å²) in [7, 11) is 3.48. The molecule has 3 rings (SSSR count). The lowest BCUT2D eigenvalue weighted by molar-refractivity contribution is -0.139. The monoisotopic (exact) mass is 258 g/mol. The Kier molecular flexibility index (Phi) is 2.82. The van der Waals surface area contributed by atoms with E-state index in [1.54, 1.807) is 0 Å². The predicted octanol–water partition coefficient (Wildman–Crippen LogP) is 1.81. The van der Waals surface area contributed by atoms with Gasteiger partial charge >= 0.3 is 5.97 Å². The normalized spacial score (nSPS) is 13.8. The maximum atomic E-state index is 11.6. The second-order valence-corrected chi connectivity index (χ2v) is 5.12. The molecule has 2 aromatic rings. The number of hydrogen-bond donors (Lipinski definition) is 1. The first-order valence-corrected chi connectivity index (χ1v) is 6.49. The Morgan fingerprint density at radius 1 is 1.37 bits per heavy atom. The fourth-order valence-electron chi connectivity index (χ4n) is 2.87. The van der Waals surface area contributed by atoms with Crippen LogP contribution in [-0.2, 0) is 36.1 Å². The van der Waals surface area contributed by atoms with Crippen molar-refractivity contribution in [2.75, 3.05) is 7.11 Å². The SMILES string of the molecule is COC(=O)Cc1c(C)n(C)c2cc3c(cc12)CNC3. The van der Waals surface area contributed by atoms with Gasteiger partial charge in [-0.2, -0.15) is 0 Å². The predicted molar refractivity (Wildman–Crippen MR) is 73.9 cm³/mol. The van der Waals surface area contributed by atoms with E-state index in [-0.39, 0.29) is 5.97 Å². The Morgan fingerprint density at radius 2 is 2.05 bits per heavy atom. The van der Waals surface area contributed by atoms with Crippen LogP contribution in [0.1, 0.15) is 22.4 Å². The largest absolute Gasteiger partial charge is 0.469 e. The number of aromatic nitrogens is 1. The van der Waals surface area contributed by atoms with E-state index in [0.717, 1.165) is 24.3 Å². The summed E-state index contributed by atoms with van der Waals surface area (Å²) in [4.78, 5) is 11.6. The van der Waals surface area contributed by atoms with Crippen molar-refractivity contribution in [2.45, 2.75) is 26.4 Å². The standard InChI is InChI=1S/C15H18N2O2/c1-9-12(6-15(18)19-3)13-4-10-7-16-8-11(10)5-14(13)17(9)2/h4-5,16H,6-8H2,1-3H3. The lowest BCUT2D eigenvalue weighted by atomic mass is 10.0. The Hall–Kier alpha value is -1.81. The zero-order valence-electron chi connectivity index (χ0n) is 11.5. The van der Waals surface area contributed by atoms with Gasteiger partial charge in [-0.3, -0.25) is 4.79 Å². The first kappa shape index (κ1) is 12.2. The molecule has 1 aromatic carbocycles. The highest BCUT2D eigenvalue weighted by atomic mass is 16.5. The van der Waals surface area contributed by atoms with Crippen LogP contribution in [0.5, 0.6) is 0 Å². The first-order chi connectivity index (χ1) is 9.11. The number of nitrogens with one attached hydrogen (secondary N) is 1. The topological polar surface area (TPSA) is 43.3 Å². The quantitative estimate of drug-likeness (QED) is 0.835. The zero-order valence-corrected chi connectivity index (χ0v) is 11.5. The molecule has 0 fully saturated rings. The van der Waals surface area contributed by atoms with Crippen LogP contribution in [0.2, 0.25) is 0 Å². The lowest BCUT2D eigenvalue weighted by Crippen LogP contribution is -2.05. The minimum atomic E-state index is -0.186. The molecule has 0 aliphatic carbocycles. The van der Waals surface area contributed by atoms with Crippen molar-refractivity contribution >= 4 is 16.9 Å². The van der Waals surface area contributed by atoms with Crippen molar-refractivity contribution in [3.63, 3.8) is 0 Å². The van der Waals surface area contributed by atoms with Crippen LogP contribution in [0.4, 0.5) is 0 Å². The molecule has 0 spiro atoms. The molecular formula is C15H18N2O2. The Labute approximate surface area is 112 Å². The van der Waals surface area contributed by atoms with E-state index in [4.69, 9.17) is 4.74 Å². The summed E-state index contributed by atoms with van der Waals surface area (Å²) >= 11 is 0. The molecule has 1 aliphatic rings. The van der Waals surface area contributed by atoms with Gasteiger partial charge in [0.2, 0.25) is 0 Å². The molecular weight excluding hydrogens is 240 g/mol. The maximum absolute atomic E-state index is 11.6. The number of fused-ring (bicyclic) bond motifs is 2. The molecule has 0 saturated carbocycles.